The SMILES string of the molecule is CCCCCCCCCCCCC(C)(C)CCCC(C)(C)CNC1CCN(OC2CCCCC2)CC1. The Balaban J connectivity index is 1.47. The normalized spacial score (nSPS) is 19.2. The average Bonchev–Trinajstić information content (AvgIpc) is 2.85. The van der Waals surface area contributed by atoms with Gasteiger partial charge < -0.3 is 5.32 Å². The molecular formula is C33H66N2O. The van der Waals surface area contributed by atoms with Gasteiger partial charge in [-0.15, -0.1) is 0 Å². The molecule has 0 unspecified atom stereocenters. The van der Waals surface area contributed by atoms with Gasteiger partial charge in [0.2, 0.25) is 0 Å². The summed E-state index contributed by atoms with van der Waals surface area (Å²) in [6, 6.07) is 0.670. The largest absolute Gasteiger partial charge is 0.313 e. The van der Waals surface area contributed by atoms with Gasteiger partial charge >= 0.3 is 0 Å². The molecule has 0 bridgehead atoms. The molecule has 1 saturated carbocycles. The second-order valence-corrected chi connectivity index (χ2v) is 14.1. The summed E-state index contributed by atoms with van der Waals surface area (Å²) in [6.45, 7) is 15.6. The summed E-state index contributed by atoms with van der Waals surface area (Å²) >= 11 is 0. The van der Waals surface area contributed by atoms with E-state index in [1.54, 1.807) is 0 Å². The summed E-state index contributed by atoms with van der Waals surface area (Å²) in [5.41, 5.74) is 0.901. The second kappa shape index (κ2) is 18.2. The topological polar surface area (TPSA) is 24.5 Å². The van der Waals surface area contributed by atoms with Gasteiger partial charge in [-0.1, -0.05) is 125 Å². The van der Waals surface area contributed by atoms with Crippen molar-refractivity contribution in [3.05, 3.63) is 0 Å². The molecule has 0 amide bonds. The molecule has 0 radical (unpaired) electrons. The van der Waals surface area contributed by atoms with E-state index in [0.29, 0.717) is 23.0 Å². The maximum Gasteiger partial charge on any atom is 0.0793 e. The van der Waals surface area contributed by atoms with Gasteiger partial charge in [0.1, 0.15) is 0 Å². The van der Waals surface area contributed by atoms with Crippen LogP contribution in [0.1, 0.15) is 169 Å². The van der Waals surface area contributed by atoms with E-state index in [9.17, 15) is 0 Å². The molecule has 2 aliphatic rings. The van der Waals surface area contributed by atoms with Crippen LogP contribution in [-0.2, 0) is 4.84 Å². The highest BCUT2D eigenvalue weighted by atomic mass is 16.7. The Morgan fingerprint density at radius 2 is 1.17 bits per heavy atom. The molecule has 1 aliphatic heterocycles. The van der Waals surface area contributed by atoms with Gasteiger partial charge in [-0.2, -0.15) is 5.06 Å². The first kappa shape index (κ1) is 32.1. The van der Waals surface area contributed by atoms with Crippen LogP contribution in [0.15, 0.2) is 0 Å². The van der Waals surface area contributed by atoms with Crippen LogP contribution in [0.2, 0.25) is 0 Å². The Bertz CT molecular complexity index is 518. The van der Waals surface area contributed by atoms with Crippen LogP contribution in [0.4, 0.5) is 0 Å². The Kier molecular flexibility index (Phi) is 16.2. The summed E-state index contributed by atoms with van der Waals surface area (Å²) in [7, 11) is 0. The number of rotatable bonds is 20. The fourth-order valence-electron chi connectivity index (χ4n) is 6.32. The van der Waals surface area contributed by atoms with Crippen molar-refractivity contribution in [3.63, 3.8) is 0 Å². The molecule has 2 fully saturated rings. The smallest absolute Gasteiger partial charge is 0.0793 e. The number of piperidine rings is 1. The fraction of sp³-hybridized carbons (Fsp3) is 1.00. The van der Waals surface area contributed by atoms with Crippen molar-refractivity contribution < 1.29 is 4.84 Å². The first-order valence-electron chi connectivity index (χ1n) is 16.4. The van der Waals surface area contributed by atoms with E-state index >= 15 is 0 Å². The minimum Gasteiger partial charge on any atom is -0.313 e. The van der Waals surface area contributed by atoms with Gasteiger partial charge in [-0.05, 0) is 55.8 Å². The van der Waals surface area contributed by atoms with E-state index in [0.717, 1.165) is 19.6 Å². The summed E-state index contributed by atoms with van der Waals surface area (Å²) in [6.07, 6.45) is 29.5. The number of nitrogens with zero attached hydrogens (tertiary/aromatic N) is 1. The zero-order valence-corrected chi connectivity index (χ0v) is 25.5. The van der Waals surface area contributed by atoms with Gasteiger partial charge in [0.15, 0.2) is 0 Å². The highest BCUT2D eigenvalue weighted by Crippen LogP contribution is 2.33. The van der Waals surface area contributed by atoms with E-state index in [1.807, 2.05) is 0 Å². The lowest BCUT2D eigenvalue weighted by molar-refractivity contribution is -0.214. The van der Waals surface area contributed by atoms with Crippen LogP contribution < -0.4 is 5.32 Å². The van der Waals surface area contributed by atoms with Gasteiger partial charge in [0, 0.05) is 25.7 Å². The zero-order valence-electron chi connectivity index (χ0n) is 25.5. The monoisotopic (exact) mass is 507 g/mol. The lowest BCUT2D eigenvalue weighted by atomic mass is 9.78. The Hall–Kier alpha value is -0.120. The van der Waals surface area contributed by atoms with Crippen LogP contribution in [0.3, 0.4) is 0 Å². The third kappa shape index (κ3) is 15.3. The number of hydrogen-bond acceptors (Lipinski definition) is 3. The fourth-order valence-corrected chi connectivity index (χ4v) is 6.32. The Labute approximate surface area is 227 Å². The van der Waals surface area contributed by atoms with E-state index in [2.05, 4.69) is 45.0 Å². The van der Waals surface area contributed by atoms with Crippen molar-refractivity contribution in [3.8, 4) is 0 Å². The van der Waals surface area contributed by atoms with Crippen molar-refractivity contribution in [2.45, 2.75) is 182 Å². The highest BCUT2D eigenvalue weighted by molar-refractivity contribution is 4.80. The molecule has 2 rings (SSSR count). The number of nitrogens with one attached hydrogen (secondary N) is 1. The second-order valence-electron chi connectivity index (χ2n) is 14.1. The molecule has 0 aromatic carbocycles. The minimum atomic E-state index is 0.392. The predicted molar refractivity (Wildman–Crippen MR) is 158 cm³/mol. The summed E-state index contributed by atoms with van der Waals surface area (Å²) < 4.78 is 0. The number of hydroxylamine groups is 2. The molecule has 3 heteroatoms. The molecule has 36 heavy (non-hydrogen) atoms. The van der Waals surface area contributed by atoms with Crippen LogP contribution in [0, 0.1) is 10.8 Å². The van der Waals surface area contributed by atoms with Crippen LogP contribution >= 0.6 is 0 Å². The molecule has 1 saturated heterocycles. The van der Waals surface area contributed by atoms with E-state index in [4.69, 9.17) is 4.84 Å². The number of hydrogen-bond donors (Lipinski definition) is 1. The first-order chi connectivity index (χ1) is 17.3. The van der Waals surface area contributed by atoms with Crippen molar-refractivity contribution >= 4 is 0 Å². The first-order valence-corrected chi connectivity index (χ1v) is 16.4. The molecule has 3 nitrogen and oxygen atoms in total. The lowest BCUT2D eigenvalue weighted by Crippen LogP contribution is -2.46. The minimum absolute atomic E-state index is 0.392. The van der Waals surface area contributed by atoms with Crippen LogP contribution in [0.5, 0.6) is 0 Å². The summed E-state index contributed by atoms with van der Waals surface area (Å²) in [5.74, 6) is 0. The van der Waals surface area contributed by atoms with Crippen molar-refractivity contribution in [1.29, 1.82) is 0 Å². The van der Waals surface area contributed by atoms with Gasteiger partial charge in [0.25, 0.3) is 0 Å². The molecule has 0 aromatic heterocycles. The van der Waals surface area contributed by atoms with Crippen LogP contribution in [0.25, 0.3) is 0 Å². The summed E-state index contributed by atoms with van der Waals surface area (Å²) in [5, 5.41) is 6.20. The molecule has 214 valence electrons. The van der Waals surface area contributed by atoms with E-state index < -0.39 is 0 Å². The van der Waals surface area contributed by atoms with E-state index in [1.165, 1.54) is 135 Å². The quantitative estimate of drug-likeness (QED) is 0.166. The van der Waals surface area contributed by atoms with Crippen molar-refractivity contribution in [2.24, 2.45) is 10.8 Å². The molecule has 0 spiro atoms. The molecule has 0 aromatic rings. The van der Waals surface area contributed by atoms with Crippen LogP contribution in [-0.4, -0.2) is 36.8 Å². The molecule has 1 aliphatic carbocycles. The van der Waals surface area contributed by atoms with Crippen molar-refractivity contribution in [2.75, 3.05) is 19.6 Å². The average molecular weight is 507 g/mol. The van der Waals surface area contributed by atoms with E-state index in [-0.39, 0.29) is 0 Å². The third-order valence-corrected chi connectivity index (χ3v) is 9.09. The third-order valence-electron chi connectivity index (χ3n) is 9.09. The van der Waals surface area contributed by atoms with Gasteiger partial charge in [-0.25, -0.2) is 0 Å². The maximum atomic E-state index is 6.29. The maximum absolute atomic E-state index is 6.29. The molecule has 1 heterocycles. The number of unbranched alkanes of at least 4 members (excludes halogenated alkanes) is 9. The zero-order chi connectivity index (χ0) is 26.1. The highest BCUT2D eigenvalue weighted by Gasteiger charge is 2.26. The molecular weight excluding hydrogens is 440 g/mol. The molecule has 1 N–H and O–H groups in total. The van der Waals surface area contributed by atoms with Crippen molar-refractivity contribution in [1.82, 2.24) is 10.4 Å². The molecule has 0 atom stereocenters. The van der Waals surface area contributed by atoms with Gasteiger partial charge in [0.05, 0.1) is 6.10 Å². The Morgan fingerprint density at radius 3 is 1.78 bits per heavy atom. The standard InChI is InChI=1S/C33H66N2O/c1-6-7-8-9-10-11-12-13-14-18-24-32(2,3)25-19-26-33(4,5)29-34-30-22-27-35(28-23-30)36-31-20-16-15-17-21-31/h30-31,34H,6-29H2,1-5H3. The predicted octanol–water partition coefficient (Wildman–Crippen LogP) is 9.84. The Morgan fingerprint density at radius 1 is 0.639 bits per heavy atom. The summed E-state index contributed by atoms with van der Waals surface area (Å²) in [4.78, 5) is 6.29. The lowest BCUT2D eigenvalue weighted by Gasteiger charge is -2.36. The van der Waals surface area contributed by atoms with Gasteiger partial charge in [-0.3, -0.25) is 4.84 Å².